The molecule has 1 saturated heterocycles. The first-order valence-corrected chi connectivity index (χ1v) is 6.02. The van der Waals surface area contributed by atoms with Crippen molar-refractivity contribution < 1.29 is 13.9 Å². The number of rotatable bonds is 3. The molecule has 2 N–H and O–H groups in total. The molecule has 1 heterocycles. The summed E-state index contributed by atoms with van der Waals surface area (Å²) in [6.07, 6.45) is 0.988. The van der Waals surface area contributed by atoms with E-state index < -0.39 is 0 Å². The summed E-state index contributed by atoms with van der Waals surface area (Å²) in [7, 11) is 3.39. The van der Waals surface area contributed by atoms with Crippen LogP contribution in [0.2, 0.25) is 0 Å². The van der Waals surface area contributed by atoms with Gasteiger partial charge in [-0.1, -0.05) is 0 Å². The van der Waals surface area contributed by atoms with Crippen LogP contribution >= 0.6 is 0 Å². The Morgan fingerprint density at radius 2 is 2.22 bits per heavy atom. The van der Waals surface area contributed by atoms with Gasteiger partial charge in [0.2, 0.25) is 0 Å². The van der Waals surface area contributed by atoms with Gasteiger partial charge in [-0.05, 0) is 13.3 Å². The van der Waals surface area contributed by atoms with E-state index >= 15 is 0 Å². The van der Waals surface area contributed by atoms with E-state index in [4.69, 9.17) is 15.2 Å². The first-order valence-electron chi connectivity index (χ1n) is 6.02. The topological polar surface area (TPSA) is 47.7 Å². The molecule has 0 saturated carbocycles. The molecule has 0 spiro atoms. The van der Waals surface area contributed by atoms with Crippen molar-refractivity contribution >= 4 is 11.4 Å². The third kappa shape index (κ3) is 2.22. The number of nitrogen functional groups attached to an aromatic ring is 1. The van der Waals surface area contributed by atoms with E-state index in [1.54, 1.807) is 6.07 Å². The average molecular weight is 254 g/mol. The van der Waals surface area contributed by atoms with Crippen LogP contribution in [0.1, 0.15) is 13.3 Å². The fraction of sp³-hybridized carbons (Fsp3) is 0.538. The van der Waals surface area contributed by atoms with Crippen LogP contribution in [0.25, 0.3) is 0 Å². The maximum atomic E-state index is 14.0. The van der Waals surface area contributed by atoms with Gasteiger partial charge in [0, 0.05) is 25.8 Å². The SMILES string of the molecule is COc1cc(N(C)C2CCOC2C)c(F)cc1N. The lowest BCUT2D eigenvalue weighted by molar-refractivity contribution is 0.118. The smallest absolute Gasteiger partial charge is 0.148 e. The van der Waals surface area contributed by atoms with Crippen molar-refractivity contribution in [2.24, 2.45) is 0 Å². The molecule has 0 radical (unpaired) electrons. The van der Waals surface area contributed by atoms with Crippen LogP contribution in [0.4, 0.5) is 15.8 Å². The highest BCUT2D eigenvalue weighted by Crippen LogP contribution is 2.33. The molecule has 100 valence electrons. The Hall–Kier alpha value is -1.49. The molecule has 4 nitrogen and oxygen atoms in total. The Balaban J connectivity index is 2.32. The van der Waals surface area contributed by atoms with Crippen LogP contribution in [0.3, 0.4) is 0 Å². The van der Waals surface area contributed by atoms with E-state index in [9.17, 15) is 4.39 Å². The van der Waals surface area contributed by atoms with Crippen molar-refractivity contribution in [3.8, 4) is 5.75 Å². The maximum Gasteiger partial charge on any atom is 0.148 e. The molecular formula is C13H19FN2O2. The highest BCUT2D eigenvalue weighted by Gasteiger charge is 2.29. The summed E-state index contributed by atoms with van der Waals surface area (Å²) < 4.78 is 24.6. The van der Waals surface area contributed by atoms with Gasteiger partial charge >= 0.3 is 0 Å². The van der Waals surface area contributed by atoms with Crippen LogP contribution in [0, 0.1) is 5.82 Å². The minimum Gasteiger partial charge on any atom is -0.495 e. The van der Waals surface area contributed by atoms with Gasteiger partial charge in [0.05, 0.1) is 30.6 Å². The molecule has 1 aromatic carbocycles. The van der Waals surface area contributed by atoms with Crippen LogP contribution < -0.4 is 15.4 Å². The van der Waals surface area contributed by atoms with Crippen LogP contribution in [-0.4, -0.2) is 32.9 Å². The predicted molar refractivity (Wildman–Crippen MR) is 69.6 cm³/mol. The number of nitrogens with zero attached hydrogens (tertiary/aromatic N) is 1. The maximum absolute atomic E-state index is 14.0. The molecular weight excluding hydrogens is 235 g/mol. The second kappa shape index (κ2) is 5.02. The zero-order valence-corrected chi connectivity index (χ0v) is 10.9. The first-order chi connectivity index (χ1) is 8.54. The molecule has 1 aliphatic heterocycles. The van der Waals surface area contributed by atoms with Crippen LogP contribution in [0.15, 0.2) is 12.1 Å². The fourth-order valence-corrected chi connectivity index (χ4v) is 2.41. The van der Waals surface area contributed by atoms with Crippen molar-refractivity contribution in [3.63, 3.8) is 0 Å². The highest BCUT2D eigenvalue weighted by atomic mass is 19.1. The van der Waals surface area contributed by atoms with E-state index in [1.165, 1.54) is 13.2 Å². The van der Waals surface area contributed by atoms with Crippen molar-refractivity contribution in [2.75, 3.05) is 31.4 Å². The zero-order chi connectivity index (χ0) is 13.3. The Bertz CT molecular complexity index is 439. The summed E-state index contributed by atoms with van der Waals surface area (Å²) in [5.74, 6) is 0.153. The Morgan fingerprint density at radius 1 is 1.50 bits per heavy atom. The van der Waals surface area contributed by atoms with Gasteiger partial charge in [-0.3, -0.25) is 0 Å². The molecule has 0 aliphatic carbocycles. The van der Waals surface area contributed by atoms with Gasteiger partial charge in [-0.2, -0.15) is 0 Å². The summed E-state index contributed by atoms with van der Waals surface area (Å²) in [6, 6.07) is 3.11. The number of hydrogen-bond acceptors (Lipinski definition) is 4. The number of nitrogens with two attached hydrogens (primary N) is 1. The lowest BCUT2D eigenvalue weighted by Gasteiger charge is -2.29. The normalized spacial score (nSPS) is 23.1. The summed E-state index contributed by atoms with van der Waals surface area (Å²) in [5, 5.41) is 0. The third-order valence-electron chi connectivity index (χ3n) is 3.51. The first kappa shape index (κ1) is 13.0. The molecule has 0 bridgehead atoms. The summed E-state index contributed by atoms with van der Waals surface area (Å²) >= 11 is 0. The summed E-state index contributed by atoms with van der Waals surface area (Å²) in [4.78, 5) is 1.90. The largest absolute Gasteiger partial charge is 0.495 e. The number of ether oxygens (including phenoxy) is 2. The van der Waals surface area contributed by atoms with Gasteiger partial charge in [0.25, 0.3) is 0 Å². The van der Waals surface area contributed by atoms with E-state index in [0.717, 1.165) is 6.42 Å². The van der Waals surface area contributed by atoms with Gasteiger partial charge in [0.15, 0.2) is 0 Å². The van der Waals surface area contributed by atoms with E-state index in [-0.39, 0.29) is 18.0 Å². The van der Waals surface area contributed by atoms with Crippen LogP contribution in [-0.2, 0) is 4.74 Å². The Labute approximate surface area is 106 Å². The highest BCUT2D eigenvalue weighted by molar-refractivity contribution is 5.63. The molecule has 2 rings (SSSR count). The number of methoxy groups -OCH3 is 1. The minimum absolute atomic E-state index is 0.0953. The molecule has 1 aromatic rings. The monoisotopic (exact) mass is 254 g/mol. The molecule has 18 heavy (non-hydrogen) atoms. The second-order valence-corrected chi connectivity index (χ2v) is 4.59. The Morgan fingerprint density at radius 3 is 2.78 bits per heavy atom. The standard InChI is InChI=1S/C13H19FN2O2/c1-8-11(4-5-18-8)16(2)12-7-13(17-3)10(15)6-9(12)14/h6-8,11H,4-5,15H2,1-3H3. The van der Waals surface area contributed by atoms with E-state index in [1.807, 2.05) is 18.9 Å². The summed E-state index contributed by atoms with van der Waals surface area (Å²) in [5.41, 5.74) is 6.47. The van der Waals surface area contributed by atoms with E-state index in [0.29, 0.717) is 23.7 Å². The van der Waals surface area contributed by atoms with Crippen molar-refractivity contribution in [1.29, 1.82) is 0 Å². The predicted octanol–water partition coefficient (Wildman–Crippen LogP) is 2.03. The molecule has 5 heteroatoms. The molecule has 1 aliphatic rings. The summed E-state index contributed by atoms with van der Waals surface area (Å²) in [6.45, 7) is 2.71. The van der Waals surface area contributed by atoms with Crippen LogP contribution in [0.5, 0.6) is 5.75 Å². The van der Waals surface area contributed by atoms with E-state index in [2.05, 4.69) is 0 Å². The second-order valence-electron chi connectivity index (χ2n) is 4.59. The van der Waals surface area contributed by atoms with Crippen molar-refractivity contribution in [1.82, 2.24) is 0 Å². The number of benzene rings is 1. The Kier molecular flexibility index (Phi) is 3.61. The molecule has 2 atom stereocenters. The van der Waals surface area contributed by atoms with Crippen molar-refractivity contribution in [3.05, 3.63) is 17.9 Å². The number of halogens is 1. The lowest BCUT2D eigenvalue weighted by Crippen LogP contribution is -2.37. The quantitative estimate of drug-likeness (QED) is 0.838. The molecule has 1 fully saturated rings. The minimum atomic E-state index is -0.338. The zero-order valence-electron chi connectivity index (χ0n) is 10.9. The molecule has 0 aromatic heterocycles. The van der Waals surface area contributed by atoms with Gasteiger partial charge < -0.3 is 20.1 Å². The van der Waals surface area contributed by atoms with Gasteiger partial charge in [-0.15, -0.1) is 0 Å². The third-order valence-corrected chi connectivity index (χ3v) is 3.51. The number of likely N-dealkylation sites (N-methyl/N-ethyl adjacent to an activating group) is 1. The number of hydrogen-bond donors (Lipinski definition) is 1. The lowest BCUT2D eigenvalue weighted by atomic mass is 10.1. The number of anilines is 2. The molecule has 2 unspecified atom stereocenters. The van der Waals surface area contributed by atoms with Gasteiger partial charge in [0.1, 0.15) is 11.6 Å². The molecule has 0 amide bonds. The van der Waals surface area contributed by atoms with Gasteiger partial charge in [-0.25, -0.2) is 4.39 Å². The average Bonchev–Trinajstić information content (AvgIpc) is 2.75. The fourth-order valence-electron chi connectivity index (χ4n) is 2.41. The van der Waals surface area contributed by atoms with Crippen molar-refractivity contribution in [2.45, 2.75) is 25.5 Å².